The quantitative estimate of drug-likeness (QED) is 0.636. The van der Waals surface area contributed by atoms with Gasteiger partial charge in [0.25, 0.3) is 0 Å². The second kappa shape index (κ2) is 7.74. The molecule has 1 aliphatic heterocycles. The molecule has 0 saturated carbocycles. The summed E-state index contributed by atoms with van der Waals surface area (Å²) in [7, 11) is -1.32. The molecule has 0 aromatic heterocycles. The van der Waals surface area contributed by atoms with Gasteiger partial charge < -0.3 is 10.6 Å². The smallest absolute Gasteiger partial charge is 0.234 e. The van der Waals surface area contributed by atoms with Crippen LogP contribution < -0.4 is 10.6 Å². The molecular formula is C13H25N3O4S. The molecule has 2 N–H and O–H groups in total. The SMILES string of the molecule is CCC(C)NC(=O)CN(C)CC(=O)NC1CCS(=O)(=O)C1. The van der Waals surface area contributed by atoms with Crippen molar-refractivity contribution in [1.82, 2.24) is 15.5 Å². The van der Waals surface area contributed by atoms with E-state index in [-0.39, 0.29) is 48.5 Å². The van der Waals surface area contributed by atoms with Crippen LogP contribution >= 0.6 is 0 Å². The monoisotopic (exact) mass is 319 g/mol. The summed E-state index contributed by atoms with van der Waals surface area (Å²) < 4.78 is 22.6. The number of nitrogens with zero attached hydrogens (tertiary/aromatic N) is 1. The van der Waals surface area contributed by atoms with E-state index in [1.165, 1.54) is 0 Å². The van der Waals surface area contributed by atoms with Gasteiger partial charge in [0.1, 0.15) is 0 Å². The molecular weight excluding hydrogens is 294 g/mol. The number of carbonyl (C=O) groups is 2. The molecule has 2 atom stereocenters. The molecule has 0 aliphatic carbocycles. The van der Waals surface area contributed by atoms with Gasteiger partial charge in [-0.25, -0.2) is 8.42 Å². The summed E-state index contributed by atoms with van der Waals surface area (Å²) in [6.07, 6.45) is 1.32. The minimum atomic E-state index is -3.00. The van der Waals surface area contributed by atoms with E-state index >= 15 is 0 Å². The molecule has 0 bridgehead atoms. The first kappa shape index (κ1) is 17.9. The van der Waals surface area contributed by atoms with E-state index in [0.29, 0.717) is 6.42 Å². The van der Waals surface area contributed by atoms with Gasteiger partial charge in [0.2, 0.25) is 11.8 Å². The van der Waals surface area contributed by atoms with Crippen molar-refractivity contribution in [1.29, 1.82) is 0 Å². The maximum atomic E-state index is 11.8. The molecule has 1 fully saturated rings. The Morgan fingerprint density at radius 2 is 1.90 bits per heavy atom. The zero-order valence-corrected chi connectivity index (χ0v) is 13.7. The van der Waals surface area contributed by atoms with Gasteiger partial charge in [0, 0.05) is 12.1 Å². The lowest BCUT2D eigenvalue weighted by Gasteiger charge is -2.19. The lowest BCUT2D eigenvalue weighted by atomic mass is 10.2. The summed E-state index contributed by atoms with van der Waals surface area (Å²) >= 11 is 0. The summed E-state index contributed by atoms with van der Waals surface area (Å²) in [5.41, 5.74) is 0. The van der Waals surface area contributed by atoms with Gasteiger partial charge in [-0.05, 0) is 26.8 Å². The van der Waals surface area contributed by atoms with Crippen LogP contribution in [0, 0.1) is 0 Å². The Kier molecular flexibility index (Phi) is 6.60. The average Bonchev–Trinajstić information content (AvgIpc) is 2.67. The minimum Gasteiger partial charge on any atom is -0.353 e. The first-order chi connectivity index (χ1) is 9.71. The Labute approximate surface area is 126 Å². The van der Waals surface area contributed by atoms with Crippen molar-refractivity contribution in [3.8, 4) is 0 Å². The van der Waals surface area contributed by atoms with Crippen LogP contribution in [0.2, 0.25) is 0 Å². The molecule has 7 nitrogen and oxygen atoms in total. The average molecular weight is 319 g/mol. The van der Waals surface area contributed by atoms with Crippen LogP contribution in [0.5, 0.6) is 0 Å². The van der Waals surface area contributed by atoms with Crippen LogP contribution in [0.4, 0.5) is 0 Å². The fourth-order valence-corrected chi connectivity index (χ4v) is 3.82. The number of hydrogen-bond donors (Lipinski definition) is 2. The zero-order chi connectivity index (χ0) is 16.0. The lowest BCUT2D eigenvalue weighted by molar-refractivity contribution is -0.125. The van der Waals surface area contributed by atoms with Gasteiger partial charge in [0.15, 0.2) is 9.84 Å². The Bertz CT molecular complexity index is 478. The van der Waals surface area contributed by atoms with E-state index < -0.39 is 9.84 Å². The topological polar surface area (TPSA) is 95.6 Å². The number of carbonyl (C=O) groups excluding carboxylic acids is 2. The van der Waals surface area contributed by atoms with Gasteiger partial charge in [0.05, 0.1) is 24.6 Å². The maximum absolute atomic E-state index is 11.8. The molecule has 1 saturated heterocycles. The predicted octanol–water partition coefficient (Wildman–Crippen LogP) is -0.864. The highest BCUT2D eigenvalue weighted by atomic mass is 32.2. The molecule has 1 rings (SSSR count). The van der Waals surface area contributed by atoms with Gasteiger partial charge in [-0.3, -0.25) is 14.5 Å². The van der Waals surface area contributed by atoms with E-state index in [9.17, 15) is 18.0 Å². The summed E-state index contributed by atoms with van der Waals surface area (Å²) in [5, 5.41) is 5.53. The minimum absolute atomic E-state index is 0.0109. The maximum Gasteiger partial charge on any atom is 0.234 e. The van der Waals surface area contributed by atoms with Crippen molar-refractivity contribution in [2.24, 2.45) is 0 Å². The summed E-state index contributed by atoms with van der Waals surface area (Å²) in [4.78, 5) is 25.1. The molecule has 1 aliphatic rings. The highest BCUT2D eigenvalue weighted by molar-refractivity contribution is 7.91. The normalized spacial score (nSPS) is 22.0. The van der Waals surface area contributed by atoms with Gasteiger partial charge in [-0.1, -0.05) is 6.92 Å². The molecule has 8 heteroatoms. The molecule has 2 unspecified atom stereocenters. The number of likely N-dealkylation sites (N-methyl/N-ethyl adjacent to an activating group) is 1. The van der Waals surface area contributed by atoms with Crippen molar-refractivity contribution < 1.29 is 18.0 Å². The Balaban J connectivity index is 2.29. The van der Waals surface area contributed by atoms with E-state index in [1.807, 2.05) is 13.8 Å². The van der Waals surface area contributed by atoms with Crippen LogP contribution in [0.25, 0.3) is 0 Å². The van der Waals surface area contributed by atoms with Crippen molar-refractivity contribution in [3.63, 3.8) is 0 Å². The summed E-state index contributed by atoms with van der Waals surface area (Å²) in [6, 6.07) is -0.187. The molecule has 21 heavy (non-hydrogen) atoms. The molecule has 0 spiro atoms. The Morgan fingerprint density at radius 3 is 2.43 bits per heavy atom. The fraction of sp³-hybridized carbons (Fsp3) is 0.846. The fourth-order valence-electron chi connectivity index (χ4n) is 2.15. The van der Waals surface area contributed by atoms with Gasteiger partial charge in [-0.15, -0.1) is 0 Å². The number of amides is 2. The van der Waals surface area contributed by atoms with E-state index in [1.54, 1.807) is 11.9 Å². The second-order valence-electron chi connectivity index (χ2n) is 5.72. The highest BCUT2D eigenvalue weighted by Crippen LogP contribution is 2.10. The van der Waals surface area contributed by atoms with Gasteiger partial charge in [-0.2, -0.15) is 0 Å². The van der Waals surface area contributed by atoms with Crippen molar-refractivity contribution in [3.05, 3.63) is 0 Å². The van der Waals surface area contributed by atoms with E-state index in [2.05, 4.69) is 10.6 Å². The van der Waals surface area contributed by atoms with E-state index in [0.717, 1.165) is 6.42 Å². The number of rotatable bonds is 7. The van der Waals surface area contributed by atoms with Gasteiger partial charge >= 0.3 is 0 Å². The molecule has 122 valence electrons. The Morgan fingerprint density at radius 1 is 1.29 bits per heavy atom. The lowest BCUT2D eigenvalue weighted by Crippen LogP contribution is -2.45. The third-order valence-electron chi connectivity index (χ3n) is 3.44. The van der Waals surface area contributed by atoms with Crippen LogP contribution in [0.1, 0.15) is 26.7 Å². The molecule has 0 aromatic carbocycles. The molecule has 0 radical (unpaired) electrons. The summed E-state index contributed by atoms with van der Waals surface area (Å²) in [5.74, 6) is -0.235. The van der Waals surface area contributed by atoms with Crippen LogP contribution in [-0.2, 0) is 19.4 Å². The zero-order valence-electron chi connectivity index (χ0n) is 12.9. The summed E-state index contributed by atoms with van der Waals surface area (Å²) in [6.45, 7) is 4.12. The van der Waals surface area contributed by atoms with Crippen LogP contribution in [0.15, 0.2) is 0 Å². The third-order valence-corrected chi connectivity index (χ3v) is 5.21. The standard InChI is InChI=1S/C13H25N3O4S/c1-4-10(2)14-12(17)7-16(3)8-13(18)15-11-5-6-21(19,20)9-11/h10-11H,4-9H2,1-3H3,(H,14,17)(H,15,18). The molecule has 2 amide bonds. The third kappa shape index (κ3) is 6.90. The largest absolute Gasteiger partial charge is 0.353 e. The predicted molar refractivity (Wildman–Crippen MR) is 80.6 cm³/mol. The molecule has 0 aromatic rings. The first-order valence-corrected chi connectivity index (χ1v) is 9.01. The number of sulfone groups is 1. The van der Waals surface area contributed by atoms with Crippen molar-refractivity contribution in [2.45, 2.75) is 38.8 Å². The first-order valence-electron chi connectivity index (χ1n) is 7.19. The second-order valence-corrected chi connectivity index (χ2v) is 7.95. The Hall–Kier alpha value is -1.15. The van der Waals surface area contributed by atoms with Crippen molar-refractivity contribution >= 4 is 21.7 Å². The van der Waals surface area contributed by atoms with Crippen LogP contribution in [0.3, 0.4) is 0 Å². The van der Waals surface area contributed by atoms with E-state index in [4.69, 9.17) is 0 Å². The highest BCUT2D eigenvalue weighted by Gasteiger charge is 2.29. The molecule has 1 heterocycles. The van der Waals surface area contributed by atoms with Crippen molar-refractivity contribution in [2.75, 3.05) is 31.6 Å². The number of hydrogen-bond acceptors (Lipinski definition) is 5. The number of nitrogens with one attached hydrogen (secondary N) is 2. The van der Waals surface area contributed by atoms with Crippen LogP contribution in [-0.4, -0.2) is 68.9 Å².